The molecule has 65 heavy (non-hydrogen) atoms. The van der Waals surface area contributed by atoms with Gasteiger partial charge in [0.2, 0.25) is 0 Å². The summed E-state index contributed by atoms with van der Waals surface area (Å²) in [5, 5.41) is 12.7. The average molecular weight is 841 g/mol. The zero-order valence-corrected chi connectivity index (χ0v) is 36.3. The molecule has 0 bridgehead atoms. The van der Waals surface area contributed by atoms with Crippen LogP contribution in [0.1, 0.15) is 0 Å². The van der Waals surface area contributed by atoms with Crippen molar-refractivity contribution in [3.63, 3.8) is 0 Å². The Bertz CT molecular complexity index is 3800. The van der Waals surface area contributed by atoms with E-state index in [0.29, 0.717) is 0 Å². The molecule has 1 heteroatoms. The van der Waals surface area contributed by atoms with Crippen LogP contribution in [0.3, 0.4) is 0 Å². The van der Waals surface area contributed by atoms with Gasteiger partial charge in [-0.25, -0.2) is 0 Å². The lowest BCUT2D eigenvalue weighted by Gasteiger charge is -2.20. The van der Waals surface area contributed by atoms with Crippen molar-refractivity contribution in [2.75, 3.05) is 0 Å². The molecule has 13 rings (SSSR count). The van der Waals surface area contributed by atoms with Crippen molar-refractivity contribution in [2.24, 2.45) is 0 Å². The minimum Gasteiger partial charge on any atom is -0.135 e. The van der Waals surface area contributed by atoms with Gasteiger partial charge >= 0.3 is 0 Å². The van der Waals surface area contributed by atoms with Crippen LogP contribution in [0.2, 0.25) is 0 Å². The number of rotatable bonds is 6. The Labute approximate surface area is 382 Å². The number of benzene rings is 12. The fourth-order valence-electron chi connectivity index (χ4n) is 10.7. The Morgan fingerprint density at radius 3 is 1.03 bits per heavy atom. The van der Waals surface area contributed by atoms with Crippen molar-refractivity contribution in [3.8, 4) is 66.8 Å². The van der Waals surface area contributed by atoms with Crippen molar-refractivity contribution in [1.82, 2.24) is 0 Å². The van der Waals surface area contributed by atoms with Crippen LogP contribution in [0.4, 0.5) is 0 Å². The highest BCUT2D eigenvalue weighted by Crippen LogP contribution is 2.52. The molecule has 0 saturated carbocycles. The van der Waals surface area contributed by atoms with E-state index in [9.17, 15) is 0 Å². The van der Waals surface area contributed by atoms with Gasteiger partial charge in [-0.3, -0.25) is 0 Å². The third-order valence-electron chi connectivity index (χ3n) is 13.4. The smallest absolute Gasteiger partial charge is 0.0434 e. The Morgan fingerprint density at radius 2 is 0.554 bits per heavy atom. The number of fused-ring (bicyclic) bond motifs is 7. The van der Waals surface area contributed by atoms with E-state index in [1.165, 1.54) is 130 Å². The standard InChI is InChI=1S/C64H40S/c1-4-20-41(21-5-1)44-38-45(42-22-6-2-7-23-42)40-46(39-44)60-49-28-12-14-30-51(49)61(52-31-15-13-29-50(52)60)55-34-19-37-58-63(55)57-36-18-35-56(64(57)65-58)62-53-32-16-10-26-47(53)59(43-24-8-3-9-25-43)48-27-11-17-33-54(48)62/h1-40H. The summed E-state index contributed by atoms with van der Waals surface area (Å²) in [7, 11) is 0. The summed E-state index contributed by atoms with van der Waals surface area (Å²) in [6, 6.07) is 89.7. The molecule has 0 atom stereocenters. The van der Waals surface area contributed by atoms with Crippen LogP contribution in [0.15, 0.2) is 243 Å². The van der Waals surface area contributed by atoms with Crippen molar-refractivity contribution in [3.05, 3.63) is 243 Å². The Kier molecular flexibility index (Phi) is 8.82. The van der Waals surface area contributed by atoms with Gasteiger partial charge in [0.25, 0.3) is 0 Å². The second-order valence-electron chi connectivity index (χ2n) is 17.0. The highest BCUT2D eigenvalue weighted by molar-refractivity contribution is 7.26. The predicted molar refractivity (Wildman–Crippen MR) is 282 cm³/mol. The molecule has 0 aliphatic carbocycles. The highest BCUT2D eigenvalue weighted by atomic mass is 32.1. The number of thiophene rings is 1. The van der Waals surface area contributed by atoms with Gasteiger partial charge in [-0.15, -0.1) is 11.3 Å². The summed E-state index contributed by atoms with van der Waals surface area (Å²) < 4.78 is 2.61. The predicted octanol–water partition coefficient (Wildman–Crippen LogP) is 18.7. The van der Waals surface area contributed by atoms with E-state index in [1.807, 2.05) is 11.3 Å². The largest absolute Gasteiger partial charge is 0.135 e. The molecule has 0 saturated heterocycles. The van der Waals surface area contributed by atoms with Gasteiger partial charge in [0.15, 0.2) is 0 Å². The molecular weight excluding hydrogens is 801 g/mol. The van der Waals surface area contributed by atoms with Crippen LogP contribution < -0.4 is 0 Å². The minimum absolute atomic E-state index is 1.21. The molecular formula is C64H40S. The van der Waals surface area contributed by atoms with Gasteiger partial charge in [-0.05, 0) is 129 Å². The lowest BCUT2D eigenvalue weighted by Crippen LogP contribution is -1.92. The lowest BCUT2D eigenvalue weighted by atomic mass is 9.83. The highest BCUT2D eigenvalue weighted by Gasteiger charge is 2.23. The molecule has 1 heterocycles. The molecule has 0 aliphatic heterocycles. The molecule has 0 amide bonds. The maximum atomic E-state index is 2.39. The molecule has 13 aromatic rings. The van der Waals surface area contributed by atoms with Crippen LogP contribution >= 0.6 is 11.3 Å². The first-order valence-corrected chi connectivity index (χ1v) is 23.2. The zero-order valence-electron chi connectivity index (χ0n) is 35.5. The summed E-state index contributed by atoms with van der Waals surface area (Å²) in [4.78, 5) is 0. The van der Waals surface area contributed by atoms with Crippen LogP contribution in [-0.2, 0) is 0 Å². The lowest BCUT2D eigenvalue weighted by molar-refractivity contribution is 1.58. The van der Waals surface area contributed by atoms with Crippen LogP contribution in [0, 0.1) is 0 Å². The molecule has 0 fully saturated rings. The third kappa shape index (κ3) is 6.05. The molecule has 0 nitrogen and oxygen atoms in total. The van der Waals surface area contributed by atoms with E-state index < -0.39 is 0 Å². The van der Waals surface area contributed by atoms with E-state index in [1.54, 1.807) is 0 Å². The Balaban J connectivity index is 1.08. The fourth-order valence-corrected chi connectivity index (χ4v) is 11.9. The van der Waals surface area contributed by atoms with Crippen LogP contribution in [0.25, 0.3) is 130 Å². The van der Waals surface area contributed by atoms with Crippen LogP contribution in [0.5, 0.6) is 0 Å². The van der Waals surface area contributed by atoms with Crippen LogP contribution in [-0.4, -0.2) is 0 Å². The minimum atomic E-state index is 1.21. The summed E-state index contributed by atoms with van der Waals surface area (Å²) in [6.45, 7) is 0. The van der Waals surface area contributed by atoms with Gasteiger partial charge in [-0.1, -0.05) is 218 Å². The molecule has 0 spiro atoms. The number of hydrogen-bond donors (Lipinski definition) is 0. The molecule has 12 aromatic carbocycles. The first-order valence-electron chi connectivity index (χ1n) is 22.4. The summed E-state index contributed by atoms with van der Waals surface area (Å²) in [6.07, 6.45) is 0. The second kappa shape index (κ2) is 15.3. The van der Waals surface area contributed by atoms with E-state index in [-0.39, 0.29) is 0 Å². The normalized spacial score (nSPS) is 11.7. The first kappa shape index (κ1) is 37.5. The zero-order chi connectivity index (χ0) is 42.8. The SMILES string of the molecule is c1ccc(-c2cc(-c3ccccc3)cc(-c3c4ccccc4c(-c4cccc5sc6c(-c7c8ccccc8c(-c8ccccc8)c8ccccc78)cccc6c45)c4ccccc34)c2)cc1. The summed E-state index contributed by atoms with van der Waals surface area (Å²) in [5.74, 6) is 0. The maximum Gasteiger partial charge on any atom is 0.0434 e. The van der Waals surface area contributed by atoms with Gasteiger partial charge in [0.1, 0.15) is 0 Å². The molecule has 0 radical (unpaired) electrons. The summed E-state index contributed by atoms with van der Waals surface area (Å²) >= 11 is 1.92. The van der Waals surface area contributed by atoms with E-state index in [0.717, 1.165) is 0 Å². The average Bonchev–Trinajstić information content (AvgIpc) is 3.77. The molecule has 0 unspecified atom stereocenters. The molecule has 302 valence electrons. The van der Waals surface area contributed by atoms with E-state index >= 15 is 0 Å². The quantitative estimate of drug-likeness (QED) is 0.146. The van der Waals surface area contributed by atoms with Crippen molar-refractivity contribution in [1.29, 1.82) is 0 Å². The summed E-state index contributed by atoms with van der Waals surface area (Å²) in [5.41, 5.74) is 15.0. The van der Waals surface area contributed by atoms with Gasteiger partial charge in [-0.2, -0.15) is 0 Å². The second-order valence-corrected chi connectivity index (χ2v) is 18.1. The third-order valence-corrected chi connectivity index (χ3v) is 14.6. The number of hydrogen-bond acceptors (Lipinski definition) is 1. The van der Waals surface area contributed by atoms with E-state index in [2.05, 4.69) is 243 Å². The topological polar surface area (TPSA) is 0 Å². The first-order chi connectivity index (χ1) is 32.3. The fraction of sp³-hybridized carbons (Fsp3) is 0. The molecule has 0 aliphatic rings. The van der Waals surface area contributed by atoms with Gasteiger partial charge in [0.05, 0.1) is 0 Å². The van der Waals surface area contributed by atoms with Gasteiger partial charge < -0.3 is 0 Å². The van der Waals surface area contributed by atoms with Crippen molar-refractivity contribution >= 4 is 74.6 Å². The van der Waals surface area contributed by atoms with E-state index in [4.69, 9.17) is 0 Å². The van der Waals surface area contributed by atoms with Gasteiger partial charge in [0, 0.05) is 25.7 Å². The maximum absolute atomic E-state index is 2.39. The monoisotopic (exact) mass is 840 g/mol. The molecule has 0 N–H and O–H groups in total. The van der Waals surface area contributed by atoms with Crippen molar-refractivity contribution in [2.45, 2.75) is 0 Å². The molecule has 1 aromatic heterocycles. The Morgan fingerprint density at radius 1 is 0.215 bits per heavy atom. The Hall–Kier alpha value is -8.10. The van der Waals surface area contributed by atoms with Crippen molar-refractivity contribution < 1.29 is 0 Å².